The second kappa shape index (κ2) is 7.24. The Kier molecular flexibility index (Phi) is 5.45. The van der Waals surface area contributed by atoms with Crippen LogP contribution in [0.1, 0.15) is 30.7 Å². The molecule has 0 saturated carbocycles. The molecule has 0 saturated heterocycles. The maximum absolute atomic E-state index is 12.9. The van der Waals surface area contributed by atoms with Crippen molar-refractivity contribution in [2.24, 2.45) is 0 Å². The van der Waals surface area contributed by atoms with Gasteiger partial charge in [0.25, 0.3) is 0 Å². The van der Waals surface area contributed by atoms with Gasteiger partial charge in [-0.3, -0.25) is 0 Å². The molecule has 2 rings (SSSR count). The van der Waals surface area contributed by atoms with E-state index in [9.17, 15) is 18.4 Å². The van der Waals surface area contributed by atoms with Gasteiger partial charge in [-0.25, -0.2) is 4.98 Å². The fourth-order valence-corrected chi connectivity index (χ4v) is 2.44. The number of hydrogen-bond acceptors (Lipinski definition) is 4. The minimum Gasteiger partial charge on any atom is -0.381 e. The van der Waals surface area contributed by atoms with E-state index < -0.39 is 17.3 Å². The number of alkyl halides is 3. The summed E-state index contributed by atoms with van der Waals surface area (Å²) >= 11 is 0. The Morgan fingerprint density at radius 1 is 1.15 bits per heavy atom. The van der Waals surface area contributed by atoms with Crippen LogP contribution in [0, 0.1) is 11.3 Å². The first kappa shape index (κ1) is 19.6. The Hall–Kier alpha value is -2.75. The molecule has 2 aromatic rings. The van der Waals surface area contributed by atoms with Crippen LogP contribution < -0.4 is 10.2 Å². The van der Waals surface area contributed by atoms with Crippen LogP contribution in [0.3, 0.4) is 0 Å². The molecule has 0 aliphatic carbocycles. The highest BCUT2D eigenvalue weighted by molar-refractivity contribution is 5.52. The van der Waals surface area contributed by atoms with Crippen LogP contribution in [-0.2, 0) is 18.1 Å². The van der Waals surface area contributed by atoms with Crippen LogP contribution in [0.2, 0.25) is 0 Å². The highest BCUT2D eigenvalue weighted by atomic mass is 19.4. The summed E-state index contributed by atoms with van der Waals surface area (Å²) in [6.07, 6.45) is -4.48. The Labute approximate surface area is 151 Å². The number of hydrogen-bond donors (Lipinski definition) is 1. The van der Waals surface area contributed by atoms with E-state index in [4.69, 9.17) is 0 Å². The average Bonchev–Trinajstić information content (AvgIpc) is 2.59. The van der Waals surface area contributed by atoms with Crippen LogP contribution >= 0.6 is 0 Å². The third kappa shape index (κ3) is 4.45. The standard InChI is InChI=1S/C19H21F3N4/c1-18(2,12-23)14-6-5-7-15(10-14)24-11-13-8-9-16(19(20,21)22)25-17(13)26(3)4/h5-10,24H,11H2,1-4H3. The number of nitrogens with zero attached hydrogens (tertiary/aromatic N) is 3. The lowest BCUT2D eigenvalue weighted by atomic mass is 9.86. The lowest BCUT2D eigenvalue weighted by Crippen LogP contribution is -2.18. The molecule has 0 bridgehead atoms. The van der Waals surface area contributed by atoms with Crippen molar-refractivity contribution in [3.8, 4) is 6.07 Å². The molecule has 0 unspecified atom stereocenters. The van der Waals surface area contributed by atoms with Gasteiger partial charge in [0.1, 0.15) is 11.5 Å². The first-order valence-corrected chi connectivity index (χ1v) is 8.04. The Morgan fingerprint density at radius 3 is 2.42 bits per heavy atom. The smallest absolute Gasteiger partial charge is 0.381 e. The molecule has 1 heterocycles. The molecule has 138 valence electrons. The quantitative estimate of drug-likeness (QED) is 0.846. The van der Waals surface area contributed by atoms with E-state index in [1.807, 2.05) is 38.1 Å². The van der Waals surface area contributed by atoms with Crippen molar-refractivity contribution >= 4 is 11.5 Å². The third-order valence-corrected chi connectivity index (χ3v) is 4.02. The summed E-state index contributed by atoms with van der Waals surface area (Å²) < 4.78 is 38.6. The fraction of sp³-hybridized carbons (Fsp3) is 0.368. The molecule has 0 aliphatic rings. The summed E-state index contributed by atoms with van der Waals surface area (Å²) in [5.41, 5.74) is 0.761. The zero-order valence-corrected chi connectivity index (χ0v) is 15.1. The first-order chi connectivity index (χ1) is 12.0. The average molecular weight is 362 g/mol. The molecule has 0 atom stereocenters. The number of aromatic nitrogens is 1. The zero-order chi connectivity index (χ0) is 19.5. The van der Waals surface area contributed by atoms with Gasteiger partial charge in [-0.2, -0.15) is 18.4 Å². The van der Waals surface area contributed by atoms with Crippen molar-refractivity contribution in [1.29, 1.82) is 5.26 Å². The molecule has 0 radical (unpaired) electrons. The highest BCUT2D eigenvalue weighted by Gasteiger charge is 2.33. The first-order valence-electron chi connectivity index (χ1n) is 8.04. The van der Waals surface area contributed by atoms with Crippen LogP contribution in [0.25, 0.3) is 0 Å². The summed E-state index contributed by atoms with van der Waals surface area (Å²) in [7, 11) is 3.31. The second-order valence-corrected chi connectivity index (χ2v) is 6.74. The number of halogens is 3. The van der Waals surface area contributed by atoms with Crippen molar-refractivity contribution in [3.05, 3.63) is 53.2 Å². The van der Waals surface area contributed by atoms with Crippen molar-refractivity contribution in [2.45, 2.75) is 32.0 Å². The van der Waals surface area contributed by atoms with Gasteiger partial charge in [0.15, 0.2) is 0 Å². The molecule has 7 heteroatoms. The minimum absolute atomic E-state index is 0.265. The van der Waals surface area contributed by atoms with Gasteiger partial charge in [0.05, 0.1) is 11.5 Å². The second-order valence-electron chi connectivity index (χ2n) is 6.74. The molecule has 0 amide bonds. The molecular formula is C19H21F3N4. The summed E-state index contributed by atoms with van der Waals surface area (Å²) in [4.78, 5) is 5.30. The summed E-state index contributed by atoms with van der Waals surface area (Å²) in [6, 6.07) is 12.1. The molecule has 0 aliphatic heterocycles. The summed E-state index contributed by atoms with van der Waals surface area (Å²) in [5, 5.41) is 12.5. The number of anilines is 2. The molecule has 4 nitrogen and oxygen atoms in total. The molecule has 26 heavy (non-hydrogen) atoms. The van der Waals surface area contributed by atoms with Gasteiger partial charge in [0.2, 0.25) is 0 Å². The summed E-state index contributed by atoms with van der Waals surface area (Å²) in [6.45, 7) is 3.97. The van der Waals surface area contributed by atoms with E-state index in [0.717, 1.165) is 17.3 Å². The van der Waals surface area contributed by atoms with E-state index in [1.54, 1.807) is 19.0 Å². The van der Waals surface area contributed by atoms with E-state index in [0.29, 0.717) is 12.1 Å². The maximum atomic E-state index is 12.9. The van der Waals surface area contributed by atoms with Gasteiger partial charge in [-0.15, -0.1) is 0 Å². The lowest BCUT2D eigenvalue weighted by molar-refractivity contribution is -0.141. The Balaban J connectivity index is 2.25. The van der Waals surface area contributed by atoms with Gasteiger partial charge >= 0.3 is 6.18 Å². The molecule has 1 aromatic heterocycles. The number of nitriles is 1. The lowest BCUT2D eigenvalue weighted by Gasteiger charge is -2.20. The molecule has 0 fully saturated rings. The number of nitrogens with one attached hydrogen (secondary N) is 1. The minimum atomic E-state index is -4.48. The normalized spacial score (nSPS) is 11.8. The predicted molar refractivity (Wildman–Crippen MR) is 96.0 cm³/mol. The van der Waals surface area contributed by atoms with Crippen molar-refractivity contribution in [1.82, 2.24) is 4.98 Å². The van der Waals surface area contributed by atoms with E-state index in [2.05, 4.69) is 16.4 Å². The number of rotatable bonds is 5. The molecule has 1 N–H and O–H groups in total. The predicted octanol–water partition coefficient (Wildman–Crippen LogP) is 4.58. The molecular weight excluding hydrogens is 341 g/mol. The topological polar surface area (TPSA) is 52.0 Å². The van der Waals surface area contributed by atoms with Gasteiger partial charge in [-0.1, -0.05) is 18.2 Å². The van der Waals surface area contributed by atoms with E-state index >= 15 is 0 Å². The van der Waals surface area contributed by atoms with Crippen LogP contribution in [0.4, 0.5) is 24.7 Å². The van der Waals surface area contributed by atoms with Crippen molar-refractivity contribution in [3.63, 3.8) is 0 Å². The summed E-state index contributed by atoms with van der Waals surface area (Å²) in [5.74, 6) is 0.265. The zero-order valence-electron chi connectivity index (χ0n) is 15.1. The third-order valence-electron chi connectivity index (χ3n) is 4.02. The SMILES string of the molecule is CN(C)c1nc(C(F)(F)F)ccc1CNc1cccc(C(C)(C)C#N)c1. The van der Waals surface area contributed by atoms with E-state index in [-0.39, 0.29) is 5.82 Å². The molecule has 1 aromatic carbocycles. The van der Waals surface area contributed by atoms with Gasteiger partial charge in [-0.05, 0) is 37.6 Å². The Bertz CT molecular complexity index is 820. The van der Waals surface area contributed by atoms with Crippen LogP contribution in [0.5, 0.6) is 0 Å². The van der Waals surface area contributed by atoms with Crippen LogP contribution in [-0.4, -0.2) is 19.1 Å². The molecule has 0 spiro atoms. The van der Waals surface area contributed by atoms with Crippen LogP contribution in [0.15, 0.2) is 36.4 Å². The fourth-order valence-electron chi connectivity index (χ4n) is 2.44. The highest BCUT2D eigenvalue weighted by Crippen LogP contribution is 2.30. The van der Waals surface area contributed by atoms with E-state index in [1.165, 1.54) is 6.07 Å². The monoisotopic (exact) mass is 362 g/mol. The Morgan fingerprint density at radius 2 is 1.85 bits per heavy atom. The maximum Gasteiger partial charge on any atom is 0.433 e. The van der Waals surface area contributed by atoms with Gasteiger partial charge < -0.3 is 10.2 Å². The van der Waals surface area contributed by atoms with Crippen molar-refractivity contribution < 1.29 is 13.2 Å². The largest absolute Gasteiger partial charge is 0.433 e. The number of pyridine rings is 1. The van der Waals surface area contributed by atoms with Gasteiger partial charge in [0, 0.05) is 31.9 Å². The van der Waals surface area contributed by atoms with Crippen molar-refractivity contribution in [2.75, 3.05) is 24.3 Å². The number of benzene rings is 1.